The van der Waals surface area contributed by atoms with Crippen molar-refractivity contribution in [2.24, 2.45) is 0 Å². The monoisotopic (exact) mass is 1050 g/mol. The molecule has 0 amide bonds. The van der Waals surface area contributed by atoms with Crippen molar-refractivity contribution in [1.29, 1.82) is 0 Å². The first kappa shape index (κ1) is 72.1. The van der Waals surface area contributed by atoms with E-state index in [0.717, 1.165) is 89.9 Å². The second-order valence-electron chi connectivity index (χ2n) is 22.0. The molecule has 0 radical (unpaired) electrons. The molecular weight excluding hydrogens is 925 g/mol. The molecule has 0 aromatic carbocycles. The Labute approximate surface area is 466 Å². The highest BCUT2D eigenvalue weighted by atomic mass is 16.6. The van der Waals surface area contributed by atoms with Crippen molar-refractivity contribution in [2.75, 3.05) is 13.2 Å². The third kappa shape index (κ3) is 61.8. The van der Waals surface area contributed by atoms with Crippen molar-refractivity contribution in [3.05, 3.63) is 60.8 Å². The Kier molecular flexibility index (Phi) is 61.2. The van der Waals surface area contributed by atoms with Crippen LogP contribution in [0.3, 0.4) is 0 Å². The van der Waals surface area contributed by atoms with Gasteiger partial charge < -0.3 is 14.2 Å². The van der Waals surface area contributed by atoms with Crippen LogP contribution in [0.25, 0.3) is 0 Å². The van der Waals surface area contributed by atoms with Gasteiger partial charge >= 0.3 is 17.9 Å². The summed E-state index contributed by atoms with van der Waals surface area (Å²) in [6.45, 7) is 6.62. The summed E-state index contributed by atoms with van der Waals surface area (Å²) in [5.41, 5.74) is 0. The molecule has 0 rings (SSSR count). The third-order valence-corrected chi connectivity index (χ3v) is 14.5. The van der Waals surface area contributed by atoms with Crippen LogP contribution in [-0.2, 0) is 28.6 Å². The molecule has 0 aromatic rings. The van der Waals surface area contributed by atoms with Gasteiger partial charge in [0.05, 0.1) is 0 Å². The number of rotatable bonds is 60. The molecule has 75 heavy (non-hydrogen) atoms. The smallest absolute Gasteiger partial charge is 0.306 e. The number of hydrogen-bond donors (Lipinski definition) is 0. The van der Waals surface area contributed by atoms with Gasteiger partial charge in [0.25, 0.3) is 0 Å². The van der Waals surface area contributed by atoms with Crippen LogP contribution in [0.5, 0.6) is 0 Å². The fourth-order valence-corrected chi connectivity index (χ4v) is 9.54. The highest BCUT2D eigenvalue weighted by Crippen LogP contribution is 2.17. The van der Waals surface area contributed by atoms with E-state index in [2.05, 4.69) is 81.5 Å². The average Bonchev–Trinajstić information content (AvgIpc) is 3.41. The SMILES string of the molecule is CCCCC/C=C\C/C=C\C/C=C\CCCCCCC(=O)OC[C@@H](COC(=O)CCCCCCCCCCC/C=C\C/C=C\CCCCC)OC(=O)CCCCCCCCCCCCCCCCCCCCCCC. The maximum absolute atomic E-state index is 12.9. The van der Waals surface area contributed by atoms with Crippen LogP contribution in [0.15, 0.2) is 60.8 Å². The lowest BCUT2D eigenvalue weighted by Gasteiger charge is -2.18. The molecule has 436 valence electrons. The van der Waals surface area contributed by atoms with Crippen molar-refractivity contribution in [2.45, 2.75) is 348 Å². The Hall–Kier alpha value is -2.89. The Morgan fingerprint density at radius 1 is 0.267 bits per heavy atom. The molecule has 0 heterocycles. The van der Waals surface area contributed by atoms with E-state index in [0.29, 0.717) is 19.3 Å². The first-order chi connectivity index (χ1) is 37.0. The number of carbonyl (C=O) groups is 3. The van der Waals surface area contributed by atoms with Gasteiger partial charge in [-0.05, 0) is 89.9 Å². The lowest BCUT2D eigenvalue weighted by Crippen LogP contribution is -2.30. The minimum Gasteiger partial charge on any atom is -0.462 e. The molecule has 0 N–H and O–H groups in total. The Morgan fingerprint density at radius 2 is 0.480 bits per heavy atom. The van der Waals surface area contributed by atoms with Crippen LogP contribution in [0.2, 0.25) is 0 Å². The highest BCUT2D eigenvalue weighted by molar-refractivity contribution is 5.71. The largest absolute Gasteiger partial charge is 0.462 e. The van der Waals surface area contributed by atoms with E-state index < -0.39 is 6.10 Å². The van der Waals surface area contributed by atoms with Crippen LogP contribution in [-0.4, -0.2) is 37.2 Å². The van der Waals surface area contributed by atoms with Gasteiger partial charge in [-0.25, -0.2) is 0 Å². The molecule has 0 spiro atoms. The van der Waals surface area contributed by atoms with Crippen LogP contribution in [0.1, 0.15) is 342 Å². The second-order valence-corrected chi connectivity index (χ2v) is 22.0. The predicted octanol–water partition coefficient (Wildman–Crippen LogP) is 22.3. The van der Waals surface area contributed by atoms with Crippen molar-refractivity contribution >= 4 is 17.9 Å². The summed E-state index contributed by atoms with van der Waals surface area (Å²) in [7, 11) is 0. The molecule has 6 heteroatoms. The Morgan fingerprint density at radius 3 is 0.773 bits per heavy atom. The summed E-state index contributed by atoms with van der Waals surface area (Å²) >= 11 is 0. The standard InChI is InChI=1S/C69H124O6/c1-4-7-10-13-16-19-22-25-28-31-33-34-36-39-42-45-48-51-54-57-60-63-69(72)75-66(64-73-67(70)61-58-55-52-49-46-43-40-37-30-27-24-21-18-15-12-9-6-3)65-74-68(71)62-59-56-53-50-47-44-41-38-35-32-29-26-23-20-17-14-11-8-5-2/h17-18,20-21,26-27,29-30,40,43,66H,4-16,19,22-25,28,31-39,41-42,44-65H2,1-3H3/b20-17-,21-18-,29-26-,30-27-,43-40-/t66-/m0/s1. The maximum Gasteiger partial charge on any atom is 0.306 e. The molecule has 0 bridgehead atoms. The fourth-order valence-electron chi connectivity index (χ4n) is 9.54. The number of allylic oxidation sites excluding steroid dienone is 10. The molecule has 0 saturated carbocycles. The van der Waals surface area contributed by atoms with Crippen molar-refractivity contribution in [3.63, 3.8) is 0 Å². The van der Waals surface area contributed by atoms with Crippen LogP contribution in [0, 0.1) is 0 Å². The highest BCUT2D eigenvalue weighted by Gasteiger charge is 2.19. The third-order valence-electron chi connectivity index (χ3n) is 14.5. The zero-order chi connectivity index (χ0) is 54.3. The molecule has 0 unspecified atom stereocenters. The van der Waals surface area contributed by atoms with Crippen molar-refractivity contribution in [1.82, 2.24) is 0 Å². The predicted molar refractivity (Wildman–Crippen MR) is 325 cm³/mol. The minimum absolute atomic E-state index is 0.0807. The van der Waals surface area contributed by atoms with Gasteiger partial charge in [0.1, 0.15) is 13.2 Å². The quantitative estimate of drug-likeness (QED) is 0.0261. The Bertz CT molecular complexity index is 1340. The molecule has 6 nitrogen and oxygen atoms in total. The van der Waals surface area contributed by atoms with E-state index in [1.807, 2.05) is 0 Å². The van der Waals surface area contributed by atoms with Gasteiger partial charge in [0.15, 0.2) is 6.10 Å². The lowest BCUT2D eigenvalue weighted by atomic mass is 10.0. The number of esters is 3. The number of hydrogen-bond acceptors (Lipinski definition) is 6. The molecule has 0 aliphatic heterocycles. The van der Waals surface area contributed by atoms with E-state index >= 15 is 0 Å². The van der Waals surface area contributed by atoms with Gasteiger partial charge in [0.2, 0.25) is 0 Å². The van der Waals surface area contributed by atoms with Crippen LogP contribution in [0.4, 0.5) is 0 Å². The first-order valence-electron chi connectivity index (χ1n) is 32.8. The summed E-state index contributed by atoms with van der Waals surface area (Å²) in [5, 5.41) is 0. The van der Waals surface area contributed by atoms with Crippen LogP contribution < -0.4 is 0 Å². The van der Waals surface area contributed by atoms with E-state index in [1.54, 1.807) is 0 Å². The number of unbranched alkanes of at least 4 members (excludes halogenated alkanes) is 39. The van der Waals surface area contributed by atoms with E-state index in [4.69, 9.17) is 14.2 Å². The van der Waals surface area contributed by atoms with E-state index in [9.17, 15) is 14.4 Å². The fraction of sp³-hybridized carbons (Fsp3) is 0.812. The molecule has 1 atom stereocenters. The maximum atomic E-state index is 12.9. The zero-order valence-corrected chi connectivity index (χ0v) is 50.1. The number of carbonyl (C=O) groups excluding carboxylic acids is 3. The normalized spacial score (nSPS) is 12.4. The zero-order valence-electron chi connectivity index (χ0n) is 50.1. The summed E-state index contributed by atoms with van der Waals surface area (Å²) in [6, 6.07) is 0. The molecule has 0 aliphatic carbocycles. The summed E-state index contributed by atoms with van der Waals surface area (Å²) < 4.78 is 16.9. The number of ether oxygens (including phenoxy) is 3. The van der Waals surface area contributed by atoms with Crippen molar-refractivity contribution < 1.29 is 28.6 Å². The summed E-state index contributed by atoms with van der Waals surface area (Å²) in [6.07, 6.45) is 80.8. The second kappa shape index (κ2) is 63.6. The van der Waals surface area contributed by atoms with Crippen LogP contribution >= 0.6 is 0 Å². The molecule has 0 aromatic heterocycles. The van der Waals surface area contributed by atoms with E-state index in [-0.39, 0.29) is 31.1 Å². The van der Waals surface area contributed by atoms with Gasteiger partial charge in [0, 0.05) is 19.3 Å². The summed E-state index contributed by atoms with van der Waals surface area (Å²) in [5.74, 6) is -0.886. The topological polar surface area (TPSA) is 78.9 Å². The minimum atomic E-state index is -0.785. The van der Waals surface area contributed by atoms with E-state index in [1.165, 1.54) is 212 Å². The van der Waals surface area contributed by atoms with Crippen molar-refractivity contribution in [3.8, 4) is 0 Å². The lowest BCUT2D eigenvalue weighted by molar-refractivity contribution is -0.167. The molecular formula is C69H124O6. The molecule has 0 saturated heterocycles. The van der Waals surface area contributed by atoms with Gasteiger partial charge in [-0.2, -0.15) is 0 Å². The Balaban J connectivity index is 4.37. The first-order valence-corrected chi connectivity index (χ1v) is 32.8. The van der Waals surface area contributed by atoms with Gasteiger partial charge in [-0.1, -0.05) is 293 Å². The average molecular weight is 1050 g/mol. The van der Waals surface area contributed by atoms with Gasteiger partial charge in [-0.3, -0.25) is 14.4 Å². The van der Waals surface area contributed by atoms with Gasteiger partial charge in [-0.15, -0.1) is 0 Å². The summed E-state index contributed by atoms with van der Waals surface area (Å²) in [4.78, 5) is 38.4. The molecule has 0 fully saturated rings. The molecule has 0 aliphatic rings.